The first kappa shape index (κ1) is 18.7. The van der Waals surface area contributed by atoms with Crippen LogP contribution in [0.2, 0.25) is 0 Å². The number of carbonyl (C=O) groups excluding carboxylic acids is 4. The third kappa shape index (κ3) is 3.02. The molecular weight excluding hydrogens is 388 g/mol. The SMILES string of the molecule is O=C(CN1C(=O)[C@@H]2[C@@H](C1=O)[C@H]1CC[C@H]2O1)NCC(=O)Nc1cccc2cccnc12. The number of ether oxygens (including phenoxy) is 1. The number of para-hydroxylation sites is 1. The molecule has 3 saturated heterocycles. The highest BCUT2D eigenvalue weighted by Gasteiger charge is 2.62. The molecule has 30 heavy (non-hydrogen) atoms. The van der Waals surface area contributed by atoms with Crippen LogP contribution in [-0.2, 0) is 23.9 Å². The van der Waals surface area contributed by atoms with Crippen molar-refractivity contribution in [1.82, 2.24) is 15.2 Å². The minimum absolute atomic E-state index is 0.218. The van der Waals surface area contributed by atoms with Gasteiger partial charge in [0.2, 0.25) is 23.6 Å². The summed E-state index contributed by atoms with van der Waals surface area (Å²) in [6.45, 7) is -0.660. The number of anilines is 1. The summed E-state index contributed by atoms with van der Waals surface area (Å²) in [7, 11) is 0. The molecule has 1 aromatic carbocycles. The highest BCUT2D eigenvalue weighted by atomic mass is 16.5. The van der Waals surface area contributed by atoms with Gasteiger partial charge in [0, 0.05) is 11.6 Å². The number of imide groups is 1. The fourth-order valence-corrected chi connectivity index (χ4v) is 4.71. The molecule has 2 N–H and O–H groups in total. The van der Waals surface area contributed by atoms with Gasteiger partial charge in [-0.05, 0) is 25.0 Å². The highest BCUT2D eigenvalue weighted by molar-refractivity contribution is 6.08. The molecule has 2 aromatic rings. The van der Waals surface area contributed by atoms with E-state index in [0.717, 1.165) is 23.1 Å². The lowest BCUT2D eigenvalue weighted by atomic mass is 9.81. The molecule has 0 spiro atoms. The standard InChI is InChI=1S/C21H20N4O5/c26-15(24-12-5-1-3-11-4-2-8-22-19(11)12)9-23-16(27)10-25-20(28)17-13-6-7-14(30-13)18(17)21(25)29/h1-5,8,13-14,17-18H,6-7,9-10H2,(H,23,27)(H,24,26)/t13-,14-,17+,18+/m1/s1. The van der Waals surface area contributed by atoms with Crippen LogP contribution in [0.15, 0.2) is 36.5 Å². The summed E-state index contributed by atoms with van der Waals surface area (Å²) >= 11 is 0. The van der Waals surface area contributed by atoms with E-state index >= 15 is 0 Å². The Hall–Kier alpha value is -3.33. The van der Waals surface area contributed by atoms with Crippen molar-refractivity contribution in [2.75, 3.05) is 18.4 Å². The zero-order valence-corrected chi connectivity index (χ0v) is 16.0. The lowest BCUT2D eigenvalue weighted by molar-refractivity contribution is -0.145. The van der Waals surface area contributed by atoms with Crippen molar-refractivity contribution >= 4 is 40.2 Å². The van der Waals surface area contributed by atoms with Crippen molar-refractivity contribution in [3.05, 3.63) is 36.5 Å². The number of likely N-dealkylation sites (tertiary alicyclic amines) is 1. The molecule has 3 fully saturated rings. The molecule has 0 unspecified atom stereocenters. The van der Waals surface area contributed by atoms with Crippen LogP contribution in [0.4, 0.5) is 5.69 Å². The molecule has 154 valence electrons. The van der Waals surface area contributed by atoms with E-state index < -0.39 is 23.7 Å². The molecule has 3 aliphatic heterocycles. The molecule has 1 aromatic heterocycles. The molecule has 5 rings (SSSR count). The zero-order valence-electron chi connectivity index (χ0n) is 16.0. The number of benzene rings is 1. The summed E-state index contributed by atoms with van der Waals surface area (Å²) < 4.78 is 5.67. The number of fused-ring (bicyclic) bond motifs is 6. The predicted octanol–water partition coefficient (Wildman–Crippen LogP) is 0.452. The quantitative estimate of drug-likeness (QED) is 0.694. The van der Waals surface area contributed by atoms with Gasteiger partial charge in [-0.15, -0.1) is 0 Å². The number of aromatic nitrogens is 1. The number of nitrogens with zero attached hydrogens (tertiary/aromatic N) is 2. The molecule has 4 heterocycles. The van der Waals surface area contributed by atoms with Crippen LogP contribution in [-0.4, -0.2) is 58.8 Å². The van der Waals surface area contributed by atoms with Crippen molar-refractivity contribution < 1.29 is 23.9 Å². The second-order valence-corrected chi connectivity index (χ2v) is 7.81. The Morgan fingerprint density at radius 1 is 1.03 bits per heavy atom. The van der Waals surface area contributed by atoms with Gasteiger partial charge in [-0.25, -0.2) is 0 Å². The summed E-state index contributed by atoms with van der Waals surface area (Å²) in [5, 5.41) is 6.08. The maximum atomic E-state index is 12.6. The average molecular weight is 408 g/mol. The molecule has 4 atom stereocenters. The van der Waals surface area contributed by atoms with Crippen LogP contribution in [0.25, 0.3) is 10.9 Å². The molecule has 2 bridgehead atoms. The Kier molecular flexibility index (Phi) is 4.47. The van der Waals surface area contributed by atoms with E-state index in [1.807, 2.05) is 12.1 Å². The summed E-state index contributed by atoms with van der Waals surface area (Å²) in [4.78, 5) is 55.0. The van der Waals surface area contributed by atoms with Gasteiger partial charge in [0.05, 0.1) is 41.8 Å². The average Bonchev–Trinajstić information content (AvgIpc) is 3.43. The minimum atomic E-state index is -0.559. The number of hydrogen-bond acceptors (Lipinski definition) is 6. The first-order valence-corrected chi connectivity index (χ1v) is 9.94. The van der Waals surface area contributed by atoms with Crippen molar-refractivity contribution in [3.63, 3.8) is 0 Å². The molecule has 4 amide bonds. The zero-order chi connectivity index (χ0) is 20.8. The molecule has 0 aliphatic carbocycles. The Morgan fingerprint density at radius 3 is 2.47 bits per heavy atom. The Balaban J connectivity index is 1.17. The van der Waals surface area contributed by atoms with E-state index in [1.165, 1.54) is 0 Å². The van der Waals surface area contributed by atoms with Crippen LogP contribution >= 0.6 is 0 Å². The number of amides is 4. The smallest absolute Gasteiger partial charge is 0.243 e. The van der Waals surface area contributed by atoms with Crippen LogP contribution in [0.5, 0.6) is 0 Å². The van der Waals surface area contributed by atoms with Gasteiger partial charge in [0.15, 0.2) is 0 Å². The van der Waals surface area contributed by atoms with Crippen molar-refractivity contribution in [2.24, 2.45) is 11.8 Å². The van der Waals surface area contributed by atoms with E-state index in [0.29, 0.717) is 11.2 Å². The van der Waals surface area contributed by atoms with Crippen LogP contribution in [0, 0.1) is 11.8 Å². The molecule has 9 heteroatoms. The van der Waals surface area contributed by atoms with Gasteiger partial charge in [-0.3, -0.25) is 29.1 Å². The van der Waals surface area contributed by atoms with Gasteiger partial charge >= 0.3 is 0 Å². The van der Waals surface area contributed by atoms with E-state index in [1.54, 1.807) is 24.4 Å². The highest BCUT2D eigenvalue weighted by Crippen LogP contribution is 2.48. The van der Waals surface area contributed by atoms with E-state index in [2.05, 4.69) is 15.6 Å². The van der Waals surface area contributed by atoms with Gasteiger partial charge < -0.3 is 15.4 Å². The van der Waals surface area contributed by atoms with Gasteiger partial charge in [0.25, 0.3) is 0 Å². The largest absolute Gasteiger partial charge is 0.373 e. The molecular formula is C21H20N4O5. The topological polar surface area (TPSA) is 118 Å². The number of rotatable bonds is 5. The van der Waals surface area contributed by atoms with Gasteiger partial charge in [-0.1, -0.05) is 18.2 Å². The number of nitrogens with one attached hydrogen (secondary N) is 2. The van der Waals surface area contributed by atoms with E-state index in [4.69, 9.17) is 4.74 Å². The molecule has 9 nitrogen and oxygen atoms in total. The van der Waals surface area contributed by atoms with Crippen molar-refractivity contribution in [2.45, 2.75) is 25.0 Å². The fourth-order valence-electron chi connectivity index (χ4n) is 4.71. The second kappa shape index (κ2) is 7.17. The predicted molar refractivity (Wildman–Crippen MR) is 105 cm³/mol. The van der Waals surface area contributed by atoms with Crippen molar-refractivity contribution in [3.8, 4) is 0 Å². The summed E-state index contributed by atoms with van der Waals surface area (Å²) in [6, 6.07) is 9.11. The lowest BCUT2D eigenvalue weighted by Crippen LogP contribution is -2.44. The van der Waals surface area contributed by atoms with E-state index in [9.17, 15) is 19.2 Å². The third-order valence-electron chi connectivity index (χ3n) is 6.03. The lowest BCUT2D eigenvalue weighted by Gasteiger charge is -2.17. The van der Waals surface area contributed by atoms with Crippen molar-refractivity contribution in [1.29, 1.82) is 0 Å². The first-order chi connectivity index (χ1) is 14.5. The first-order valence-electron chi connectivity index (χ1n) is 9.94. The number of hydrogen-bond donors (Lipinski definition) is 2. The third-order valence-corrected chi connectivity index (χ3v) is 6.03. The summed E-state index contributed by atoms with van der Waals surface area (Å²) in [5.74, 6) is -2.62. The van der Waals surface area contributed by atoms with Crippen LogP contribution < -0.4 is 10.6 Å². The summed E-state index contributed by atoms with van der Waals surface area (Å²) in [6.07, 6.45) is 2.74. The Labute approximate surface area is 171 Å². The van der Waals surface area contributed by atoms with Gasteiger partial charge in [-0.2, -0.15) is 0 Å². The maximum absolute atomic E-state index is 12.6. The van der Waals surface area contributed by atoms with E-state index in [-0.39, 0.29) is 37.1 Å². The fraction of sp³-hybridized carbons (Fsp3) is 0.381. The van der Waals surface area contributed by atoms with Crippen LogP contribution in [0.1, 0.15) is 12.8 Å². The molecule has 3 aliphatic rings. The Morgan fingerprint density at radius 2 is 1.73 bits per heavy atom. The maximum Gasteiger partial charge on any atom is 0.243 e. The van der Waals surface area contributed by atoms with Gasteiger partial charge in [0.1, 0.15) is 6.54 Å². The Bertz CT molecular complexity index is 1040. The van der Waals surface area contributed by atoms with Crippen LogP contribution in [0.3, 0.4) is 0 Å². The molecule has 0 radical (unpaired) electrons. The summed E-state index contributed by atoms with van der Waals surface area (Å²) in [5.41, 5.74) is 1.19. The molecule has 0 saturated carbocycles. The monoisotopic (exact) mass is 408 g/mol. The minimum Gasteiger partial charge on any atom is -0.373 e. The number of carbonyl (C=O) groups is 4. The second-order valence-electron chi connectivity index (χ2n) is 7.81. The number of pyridine rings is 1. The normalized spacial score (nSPS) is 26.9.